The highest BCUT2D eigenvalue weighted by Gasteiger charge is 2.19. The molecule has 1 aliphatic rings. The van der Waals surface area contributed by atoms with Crippen molar-refractivity contribution in [3.63, 3.8) is 0 Å². The number of hydrogen-bond donors (Lipinski definition) is 0. The van der Waals surface area contributed by atoms with E-state index < -0.39 is 0 Å². The zero-order valence-electron chi connectivity index (χ0n) is 11.8. The molecule has 3 heterocycles. The lowest BCUT2D eigenvalue weighted by Gasteiger charge is -2.32. The molecule has 0 amide bonds. The summed E-state index contributed by atoms with van der Waals surface area (Å²) in [7, 11) is 0. The van der Waals surface area contributed by atoms with Crippen LogP contribution in [0.3, 0.4) is 0 Å². The Hall–Kier alpha value is -1.74. The molecule has 2 aromatic rings. The standard InChI is InChI=1S/C17H21N3/c1-2-17(13-19-7-1)14-20-10-5-16(6-11-20)12-15-3-8-18-9-4-15/h1-4,7-9,13,16H,5-6,10-12,14H2. The predicted octanol–water partition coefficient (Wildman–Crippen LogP) is 2.93. The molecule has 0 radical (unpaired) electrons. The van der Waals surface area contributed by atoms with Crippen LogP contribution in [0.1, 0.15) is 24.0 Å². The lowest BCUT2D eigenvalue weighted by atomic mass is 9.90. The summed E-state index contributed by atoms with van der Waals surface area (Å²) >= 11 is 0. The number of pyridine rings is 2. The molecule has 0 bridgehead atoms. The summed E-state index contributed by atoms with van der Waals surface area (Å²) in [6, 6.07) is 8.46. The van der Waals surface area contributed by atoms with Gasteiger partial charge in [0.25, 0.3) is 0 Å². The second-order valence-corrected chi connectivity index (χ2v) is 5.64. The average Bonchev–Trinajstić information content (AvgIpc) is 2.51. The van der Waals surface area contributed by atoms with Crippen molar-refractivity contribution in [1.82, 2.24) is 14.9 Å². The largest absolute Gasteiger partial charge is 0.299 e. The predicted molar refractivity (Wildman–Crippen MR) is 80.2 cm³/mol. The first-order chi connectivity index (χ1) is 9.90. The molecular weight excluding hydrogens is 246 g/mol. The maximum Gasteiger partial charge on any atom is 0.0312 e. The van der Waals surface area contributed by atoms with Gasteiger partial charge in [-0.2, -0.15) is 0 Å². The number of piperidine rings is 1. The third-order valence-electron chi connectivity index (χ3n) is 4.11. The van der Waals surface area contributed by atoms with E-state index in [0.717, 1.165) is 12.5 Å². The van der Waals surface area contributed by atoms with Gasteiger partial charge in [0.05, 0.1) is 0 Å². The smallest absolute Gasteiger partial charge is 0.0312 e. The summed E-state index contributed by atoms with van der Waals surface area (Å²) in [4.78, 5) is 10.8. The molecule has 0 unspecified atom stereocenters. The lowest BCUT2D eigenvalue weighted by Crippen LogP contribution is -2.33. The number of rotatable bonds is 4. The van der Waals surface area contributed by atoms with Gasteiger partial charge >= 0.3 is 0 Å². The fourth-order valence-corrected chi connectivity index (χ4v) is 2.95. The minimum absolute atomic E-state index is 0.822. The van der Waals surface area contributed by atoms with Crippen molar-refractivity contribution in [2.75, 3.05) is 13.1 Å². The van der Waals surface area contributed by atoms with Gasteiger partial charge in [-0.15, -0.1) is 0 Å². The van der Waals surface area contributed by atoms with Crippen molar-refractivity contribution >= 4 is 0 Å². The summed E-state index contributed by atoms with van der Waals surface area (Å²) in [6.07, 6.45) is 11.4. The Morgan fingerprint density at radius 1 is 0.950 bits per heavy atom. The number of aromatic nitrogens is 2. The molecule has 2 aromatic heterocycles. The van der Waals surface area contributed by atoms with Crippen molar-refractivity contribution in [1.29, 1.82) is 0 Å². The van der Waals surface area contributed by atoms with Crippen LogP contribution in [-0.2, 0) is 13.0 Å². The Labute approximate surface area is 120 Å². The first-order valence-electron chi connectivity index (χ1n) is 7.40. The van der Waals surface area contributed by atoms with Gasteiger partial charge in [-0.3, -0.25) is 14.9 Å². The molecule has 1 aliphatic heterocycles. The fraction of sp³-hybridized carbons (Fsp3) is 0.412. The van der Waals surface area contributed by atoms with Crippen molar-refractivity contribution in [2.24, 2.45) is 5.92 Å². The molecule has 0 N–H and O–H groups in total. The Bertz CT molecular complexity index is 455. The first kappa shape index (κ1) is 13.3. The van der Waals surface area contributed by atoms with Gasteiger partial charge in [0.1, 0.15) is 0 Å². The Kier molecular flexibility index (Phi) is 4.38. The summed E-state index contributed by atoms with van der Waals surface area (Å²) in [6.45, 7) is 3.44. The minimum atomic E-state index is 0.822. The summed E-state index contributed by atoms with van der Waals surface area (Å²) in [5, 5.41) is 0. The molecule has 0 atom stereocenters. The highest BCUT2D eigenvalue weighted by Crippen LogP contribution is 2.22. The van der Waals surface area contributed by atoms with E-state index in [9.17, 15) is 0 Å². The van der Waals surface area contributed by atoms with E-state index in [0.29, 0.717) is 0 Å². The summed E-state index contributed by atoms with van der Waals surface area (Å²) in [5.41, 5.74) is 2.74. The van der Waals surface area contributed by atoms with Gasteiger partial charge < -0.3 is 0 Å². The molecule has 1 saturated heterocycles. The van der Waals surface area contributed by atoms with E-state index in [4.69, 9.17) is 0 Å². The average molecular weight is 267 g/mol. The number of nitrogens with zero attached hydrogens (tertiary/aromatic N) is 3. The van der Waals surface area contributed by atoms with E-state index >= 15 is 0 Å². The molecule has 3 heteroatoms. The van der Waals surface area contributed by atoms with Crippen LogP contribution in [0, 0.1) is 5.92 Å². The van der Waals surface area contributed by atoms with Crippen LogP contribution in [0.15, 0.2) is 49.1 Å². The first-order valence-corrected chi connectivity index (χ1v) is 7.40. The zero-order chi connectivity index (χ0) is 13.6. The van der Waals surface area contributed by atoms with Crippen molar-refractivity contribution in [2.45, 2.75) is 25.8 Å². The molecule has 104 valence electrons. The highest BCUT2D eigenvalue weighted by molar-refractivity contribution is 5.11. The van der Waals surface area contributed by atoms with Crippen LogP contribution < -0.4 is 0 Å². The van der Waals surface area contributed by atoms with E-state index in [1.807, 2.05) is 30.9 Å². The maximum atomic E-state index is 4.19. The molecule has 20 heavy (non-hydrogen) atoms. The third kappa shape index (κ3) is 3.64. The van der Waals surface area contributed by atoms with Crippen molar-refractivity contribution in [3.8, 4) is 0 Å². The van der Waals surface area contributed by atoms with Crippen LogP contribution in [0.5, 0.6) is 0 Å². The Balaban J connectivity index is 1.47. The summed E-state index contributed by atoms with van der Waals surface area (Å²) < 4.78 is 0. The van der Waals surface area contributed by atoms with Crippen LogP contribution in [0.25, 0.3) is 0 Å². The normalized spacial score (nSPS) is 17.2. The highest BCUT2D eigenvalue weighted by atomic mass is 15.1. The topological polar surface area (TPSA) is 29.0 Å². The quantitative estimate of drug-likeness (QED) is 0.853. The van der Waals surface area contributed by atoms with Crippen molar-refractivity contribution < 1.29 is 0 Å². The molecule has 3 rings (SSSR count). The second kappa shape index (κ2) is 6.62. The molecule has 0 aromatic carbocycles. The van der Waals surface area contributed by atoms with Gasteiger partial charge in [0.2, 0.25) is 0 Å². The van der Waals surface area contributed by atoms with E-state index in [1.54, 1.807) is 0 Å². The van der Waals surface area contributed by atoms with Gasteiger partial charge in [-0.05, 0) is 67.6 Å². The fourth-order valence-electron chi connectivity index (χ4n) is 2.95. The van der Waals surface area contributed by atoms with Crippen LogP contribution in [-0.4, -0.2) is 28.0 Å². The zero-order valence-corrected chi connectivity index (χ0v) is 11.8. The van der Waals surface area contributed by atoms with Gasteiger partial charge in [0, 0.05) is 31.3 Å². The van der Waals surface area contributed by atoms with Gasteiger partial charge in [0.15, 0.2) is 0 Å². The van der Waals surface area contributed by atoms with E-state index in [2.05, 4.69) is 33.1 Å². The Morgan fingerprint density at radius 3 is 2.45 bits per heavy atom. The molecular formula is C17H21N3. The second-order valence-electron chi connectivity index (χ2n) is 5.64. The van der Waals surface area contributed by atoms with Crippen LogP contribution in [0.2, 0.25) is 0 Å². The maximum absolute atomic E-state index is 4.19. The lowest BCUT2D eigenvalue weighted by molar-refractivity contribution is 0.177. The Morgan fingerprint density at radius 2 is 1.75 bits per heavy atom. The van der Waals surface area contributed by atoms with Gasteiger partial charge in [-0.1, -0.05) is 6.07 Å². The van der Waals surface area contributed by atoms with E-state index in [-0.39, 0.29) is 0 Å². The molecule has 3 nitrogen and oxygen atoms in total. The van der Waals surface area contributed by atoms with Crippen molar-refractivity contribution in [3.05, 3.63) is 60.2 Å². The number of likely N-dealkylation sites (tertiary alicyclic amines) is 1. The van der Waals surface area contributed by atoms with E-state index in [1.165, 1.54) is 43.5 Å². The third-order valence-corrected chi connectivity index (χ3v) is 4.11. The number of hydrogen-bond acceptors (Lipinski definition) is 3. The monoisotopic (exact) mass is 267 g/mol. The van der Waals surface area contributed by atoms with Crippen LogP contribution >= 0.6 is 0 Å². The molecule has 0 aliphatic carbocycles. The summed E-state index contributed by atoms with van der Waals surface area (Å²) in [5.74, 6) is 0.822. The van der Waals surface area contributed by atoms with Gasteiger partial charge in [-0.25, -0.2) is 0 Å². The molecule has 0 spiro atoms. The minimum Gasteiger partial charge on any atom is -0.299 e. The van der Waals surface area contributed by atoms with Crippen LogP contribution in [0.4, 0.5) is 0 Å². The SMILES string of the molecule is c1cncc(CN2CCC(Cc3ccncc3)CC2)c1. The molecule has 1 fully saturated rings. The molecule has 0 saturated carbocycles.